The lowest BCUT2D eigenvalue weighted by Crippen LogP contribution is -2.11. The van der Waals surface area contributed by atoms with Crippen molar-refractivity contribution in [3.63, 3.8) is 0 Å². The van der Waals surface area contributed by atoms with E-state index >= 15 is 0 Å². The molecule has 0 bridgehead atoms. The Kier molecular flexibility index (Phi) is 6.09. The van der Waals surface area contributed by atoms with Gasteiger partial charge in [-0.3, -0.25) is 0 Å². The molecule has 0 spiro atoms. The van der Waals surface area contributed by atoms with E-state index in [1.165, 1.54) is 33.4 Å². The largest absolute Gasteiger partial charge is 0.493 e. The molecule has 164 valence electrons. The number of hydrogen-bond donors (Lipinski definition) is 1. The van der Waals surface area contributed by atoms with Crippen LogP contribution in [0.2, 0.25) is 0 Å². The first-order valence-electron chi connectivity index (χ1n) is 8.81. The fourth-order valence-electron chi connectivity index (χ4n) is 2.73. The number of methoxy groups -OCH3 is 2. The normalized spacial score (nSPS) is 11.7. The highest BCUT2D eigenvalue weighted by Crippen LogP contribution is 2.34. The van der Waals surface area contributed by atoms with Crippen molar-refractivity contribution in [2.75, 3.05) is 19.6 Å². The highest BCUT2D eigenvalue weighted by molar-refractivity contribution is 5.81. The third kappa shape index (κ3) is 4.73. The molecule has 0 aliphatic rings. The maximum atomic E-state index is 14.0. The molecule has 0 atom stereocenters. The van der Waals surface area contributed by atoms with Crippen LogP contribution in [0.15, 0.2) is 29.4 Å². The van der Waals surface area contributed by atoms with Crippen LogP contribution in [-0.4, -0.2) is 40.2 Å². The quantitative estimate of drug-likeness (QED) is 0.358. The van der Waals surface area contributed by atoms with Gasteiger partial charge < -0.3 is 9.47 Å². The summed E-state index contributed by atoms with van der Waals surface area (Å²) in [6.45, 7) is 1.57. The van der Waals surface area contributed by atoms with Crippen LogP contribution >= 0.6 is 0 Å². The van der Waals surface area contributed by atoms with Crippen LogP contribution in [0.5, 0.6) is 11.5 Å². The molecule has 2 aromatic heterocycles. The molecule has 31 heavy (non-hydrogen) atoms. The number of aromatic nitrogens is 4. The van der Waals surface area contributed by atoms with Gasteiger partial charge in [-0.25, -0.2) is 20.1 Å². The predicted octanol–water partition coefficient (Wildman–Crippen LogP) is 3.81. The number of benzene rings is 1. The zero-order valence-electron chi connectivity index (χ0n) is 17.0. The van der Waals surface area contributed by atoms with Gasteiger partial charge in [-0.2, -0.15) is 27.8 Å². The lowest BCUT2D eigenvalue weighted by Gasteiger charge is -2.12. The molecule has 0 amide bonds. The van der Waals surface area contributed by atoms with Crippen LogP contribution in [0.3, 0.4) is 0 Å². The van der Waals surface area contributed by atoms with Gasteiger partial charge in [0.1, 0.15) is 0 Å². The SMILES string of the molecule is COc1ccc(-c2cc(C(F)(F)F)nc(NN=Cc3c(C)nn(C)c3F)n2)cc1OC. The highest BCUT2D eigenvalue weighted by Gasteiger charge is 2.34. The Bertz CT molecular complexity index is 1130. The third-order valence-electron chi connectivity index (χ3n) is 4.25. The topological polar surface area (TPSA) is 86.5 Å². The molecule has 0 saturated heterocycles. The van der Waals surface area contributed by atoms with Gasteiger partial charge in [0.15, 0.2) is 17.2 Å². The van der Waals surface area contributed by atoms with Gasteiger partial charge >= 0.3 is 6.18 Å². The van der Waals surface area contributed by atoms with Gasteiger partial charge in [0.25, 0.3) is 0 Å². The van der Waals surface area contributed by atoms with Crippen LogP contribution in [0, 0.1) is 12.9 Å². The van der Waals surface area contributed by atoms with Crippen molar-refractivity contribution < 1.29 is 27.0 Å². The van der Waals surface area contributed by atoms with Crippen molar-refractivity contribution in [2.24, 2.45) is 12.1 Å². The van der Waals surface area contributed by atoms with Crippen molar-refractivity contribution in [1.82, 2.24) is 19.7 Å². The fourth-order valence-corrected chi connectivity index (χ4v) is 2.73. The lowest BCUT2D eigenvalue weighted by atomic mass is 10.1. The van der Waals surface area contributed by atoms with Crippen molar-refractivity contribution >= 4 is 12.2 Å². The standard InChI is InChI=1S/C19H18F4N6O2/c1-10-12(17(20)29(2)28-10)9-24-27-18-25-13(8-16(26-18)19(21,22)23)11-5-6-14(30-3)15(7-11)31-4/h5-9H,1-4H3,(H,25,26,27). The summed E-state index contributed by atoms with van der Waals surface area (Å²) in [5, 5.41) is 7.65. The summed E-state index contributed by atoms with van der Waals surface area (Å²) in [5.41, 5.74) is 1.91. The zero-order chi connectivity index (χ0) is 22.8. The van der Waals surface area contributed by atoms with E-state index in [2.05, 4.69) is 25.6 Å². The molecule has 0 aliphatic heterocycles. The number of nitrogens with zero attached hydrogens (tertiary/aromatic N) is 5. The molecular formula is C19H18F4N6O2. The monoisotopic (exact) mass is 438 g/mol. The number of halogens is 4. The van der Waals surface area contributed by atoms with Gasteiger partial charge in [-0.15, -0.1) is 0 Å². The van der Waals surface area contributed by atoms with E-state index in [0.717, 1.165) is 17.0 Å². The minimum atomic E-state index is -4.72. The number of alkyl halides is 3. The van der Waals surface area contributed by atoms with Crippen LogP contribution in [-0.2, 0) is 13.2 Å². The molecule has 1 N–H and O–H groups in total. The Labute approximate surface area is 174 Å². The second kappa shape index (κ2) is 8.58. The van der Waals surface area contributed by atoms with Gasteiger partial charge in [-0.05, 0) is 31.2 Å². The van der Waals surface area contributed by atoms with E-state index < -0.39 is 23.8 Å². The summed E-state index contributed by atoms with van der Waals surface area (Å²) in [6.07, 6.45) is -3.63. The summed E-state index contributed by atoms with van der Waals surface area (Å²) in [7, 11) is 4.26. The van der Waals surface area contributed by atoms with E-state index in [4.69, 9.17) is 9.47 Å². The van der Waals surface area contributed by atoms with E-state index in [1.807, 2.05) is 0 Å². The van der Waals surface area contributed by atoms with Crippen molar-refractivity contribution in [3.8, 4) is 22.8 Å². The predicted molar refractivity (Wildman–Crippen MR) is 105 cm³/mol. The Morgan fingerprint density at radius 1 is 1.10 bits per heavy atom. The summed E-state index contributed by atoms with van der Waals surface area (Å²) in [4.78, 5) is 7.54. The Hall–Kier alpha value is -3.70. The molecular weight excluding hydrogens is 420 g/mol. The molecule has 8 nitrogen and oxygen atoms in total. The zero-order valence-corrected chi connectivity index (χ0v) is 17.0. The molecule has 0 aliphatic carbocycles. The Morgan fingerprint density at radius 3 is 2.39 bits per heavy atom. The number of anilines is 1. The number of hydrazone groups is 1. The first-order chi connectivity index (χ1) is 14.6. The highest BCUT2D eigenvalue weighted by atomic mass is 19.4. The van der Waals surface area contributed by atoms with Gasteiger partial charge in [0.05, 0.1) is 37.4 Å². The van der Waals surface area contributed by atoms with Gasteiger partial charge in [0, 0.05) is 12.6 Å². The minimum Gasteiger partial charge on any atom is -0.493 e. The van der Waals surface area contributed by atoms with E-state index in [0.29, 0.717) is 22.8 Å². The maximum Gasteiger partial charge on any atom is 0.433 e. The minimum absolute atomic E-state index is 0.0234. The molecule has 1 aromatic carbocycles. The van der Waals surface area contributed by atoms with Crippen molar-refractivity contribution in [1.29, 1.82) is 0 Å². The van der Waals surface area contributed by atoms with E-state index in [9.17, 15) is 17.6 Å². The van der Waals surface area contributed by atoms with Crippen molar-refractivity contribution in [2.45, 2.75) is 13.1 Å². The summed E-state index contributed by atoms with van der Waals surface area (Å²) in [5.74, 6) is -0.327. The smallest absolute Gasteiger partial charge is 0.433 e. The average Bonchev–Trinajstić information content (AvgIpc) is 2.98. The molecule has 12 heteroatoms. The number of rotatable bonds is 6. The molecule has 0 saturated carbocycles. The summed E-state index contributed by atoms with van der Waals surface area (Å²) >= 11 is 0. The Morgan fingerprint density at radius 2 is 1.81 bits per heavy atom. The third-order valence-corrected chi connectivity index (χ3v) is 4.25. The molecule has 3 aromatic rings. The number of ether oxygens (including phenoxy) is 2. The molecule has 2 heterocycles. The molecule has 0 radical (unpaired) electrons. The molecule has 0 fully saturated rings. The number of nitrogens with one attached hydrogen (secondary N) is 1. The first kappa shape index (κ1) is 22.0. The van der Waals surface area contributed by atoms with Crippen LogP contribution < -0.4 is 14.9 Å². The van der Waals surface area contributed by atoms with Crippen LogP contribution in [0.4, 0.5) is 23.5 Å². The van der Waals surface area contributed by atoms with Gasteiger partial charge in [-0.1, -0.05) is 0 Å². The average molecular weight is 438 g/mol. The van der Waals surface area contributed by atoms with Gasteiger partial charge in [0.2, 0.25) is 11.9 Å². The summed E-state index contributed by atoms with van der Waals surface area (Å²) in [6, 6.07) is 5.37. The molecule has 3 rings (SSSR count). The second-order valence-corrected chi connectivity index (χ2v) is 6.31. The number of hydrogen-bond acceptors (Lipinski definition) is 7. The van der Waals surface area contributed by atoms with Crippen molar-refractivity contribution in [3.05, 3.63) is 47.2 Å². The molecule has 0 unspecified atom stereocenters. The Balaban J connectivity index is 1.99. The summed E-state index contributed by atoms with van der Waals surface area (Å²) < 4.78 is 65.4. The van der Waals surface area contributed by atoms with Crippen LogP contribution in [0.25, 0.3) is 11.3 Å². The first-order valence-corrected chi connectivity index (χ1v) is 8.81. The lowest BCUT2D eigenvalue weighted by molar-refractivity contribution is -0.141. The number of aryl methyl sites for hydroxylation is 2. The second-order valence-electron chi connectivity index (χ2n) is 6.31. The fraction of sp³-hybridized carbons (Fsp3) is 0.263. The van der Waals surface area contributed by atoms with E-state index in [1.54, 1.807) is 13.0 Å². The van der Waals surface area contributed by atoms with Crippen LogP contribution in [0.1, 0.15) is 17.0 Å². The maximum absolute atomic E-state index is 14.0. The van der Waals surface area contributed by atoms with E-state index in [-0.39, 0.29) is 11.3 Å².